The number of carbonyl (C=O) groups is 1. The molecule has 0 unspecified atom stereocenters. The highest BCUT2D eigenvalue weighted by Crippen LogP contribution is 2.25. The van der Waals surface area contributed by atoms with Gasteiger partial charge in [0.2, 0.25) is 5.95 Å². The number of nitrogens with one attached hydrogen (secondary N) is 2. The van der Waals surface area contributed by atoms with Crippen LogP contribution in [0.3, 0.4) is 0 Å². The Hall–Kier alpha value is -3.39. The van der Waals surface area contributed by atoms with Gasteiger partial charge >= 0.3 is 0 Å². The van der Waals surface area contributed by atoms with E-state index >= 15 is 0 Å². The minimum atomic E-state index is -0.419. The SMILES string of the molecule is O=C(Nc1ncn[nH]1)c1cc(-c2ccco2)n(-c2ccc(Cl)cc2)n1. The van der Waals surface area contributed by atoms with Crippen molar-refractivity contribution in [2.75, 3.05) is 5.32 Å². The molecule has 3 aromatic heterocycles. The molecule has 0 saturated carbocycles. The lowest BCUT2D eigenvalue weighted by atomic mass is 10.2. The molecule has 0 spiro atoms. The van der Waals surface area contributed by atoms with Crippen molar-refractivity contribution in [1.82, 2.24) is 25.0 Å². The quantitative estimate of drug-likeness (QED) is 0.586. The van der Waals surface area contributed by atoms with E-state index in [0.717, 1.165) is 5.69 Å². The van der Waals surface area contributed by atoms with Crippen molar-refractivity contribution in [2.45, 2.75) is 0 Å². The van der Waals surface area contributed by atoms with Crippen molar-refractivity contribution in [3.8, 4) is 17.1 Å². The maximum atomic E-state index is 12.4. The van der Waals surface area contributed by atoms with Gasteiger partial charge in [0.1, 0.15) is 12.0 Å². The molecule has 1 aromatic carbocycles. The largest absolute Gasteiger partial charge is 0.463 e. The molecule has 0 radical (unpaired) electrons. The molecule has 4 aromatic rings. The Bertz CT molecular complexity index is 990. The van der Waals surface area contributed by atoms with Gasteiger partial charge in [0.25, 0.3) is 5.91 Å². The molecule has 3 heterocycles. The lowest BCUT2D eigenvalue weighted by Crippen LogP contribution is -2.14. The number of rotatable bonds is 4. The van der Waals surface area contributed by atoms with Gasteiger partial charge in [-0.1, -0.05) is 11.6 Å². The summed E-state index contributed by atoms with van der Waals surface area (Å²) in [4.78, 5) is 16.3. The molecule has 8 nitrogen and oxygen atoms in total. The summed E-state index contributed by atoms with van der Waals surface area (Å²) < 4.78 is 7.07. The molecular formula is C16H11ClN6O2. The molecule has 0 aliphatic carbocycles. The topological polar surface area (TPSA) is 102 Å². The first kappa shape index (κ1) is 15.2. The van der Waals surface area contributed by atoms with Crippen molar-refractivity contribution in [1.29, 1.82) is 0 Å². The molecule has 1 amide bonds. The summed E-state index contributed by atoms with van der Waals surface area (Å²) in [6.45, 7) is 0. The summed E-state index contributed by atoms with van der Waals surface area (Å²) in [6.07, 6.45) is 2.86. The summed E-state index contributed by atoms with van der Waals surface area (Å²) in [5.41, 5.74) is 1.59. The number of H-pyrrole nitrogens is 1. The predicted molar refractivity (Wildman–Crippen MR) is 90.6 cm³/mol. The van der Waals surface area contributed by atoms with Crippen LogP contribution in [0.4, 0.5) is 5.95 Å². The zero-order chi connectivity index (χ0) is 17.2. The highest BCUT2D eigenvalue weighted by atomic mass is 35.5. The lowest BCUT2D eigenvalue weighted by molar-refractivity contribution is 0.102. The molecule has 124 valence electrons. The fourth-order valence-corrected chi connectivity index (χ4v) is 2.43. The average Bonchev–Trinajstić information content (AvgIpc) is 3.36. The van der Waals surface area contributed by atoms with Crippen molar-refractivity contribution in [2.24, 2.45) is 0 Å². The summed E-state index contributed by atoms with van der Waals surface area (Å²) in [5.74, 6) is 0.407. The van der Waals surface area contributed by atoms with Crippen LogP contribution in [0.15, 0.2) is 59.5 Å². The third-order valence-electron chi connectivity index (χ3n) is 3.43. The fraction of sp³-hybridized carbons (Fsp3) is 0. The Morgan fingerprint density at radius 3 is 2.76 bits per heavy atom. The van der Waals surface area contributed by atoms with Gasteiger partial charge in [0.05, 0.1) is 12.0 Å². The van der Waals surface area contributed by atoms with Crippen LogP contribution in [0.5, 0.6) is 0 Å². The fourth-order valence-electron chi connectivity index (χ4n) is 2.31. The second-order valence-corrected chi connectivity index (χ2v) is 5.50. The van der Waals surface area contributed by atoms with Crippen LogP contribution in [0, 0.1) is 0 Å². The third-order valence-corrected chi connectivity index (χ3v) is 3.69. The van der Waals surface area contributed by atoms with Gasteiger partial charge in [0, 0.05) is 11.1 Å². The van der Waals surface area contributed by atoms with Gasteiger partial charge in [-0.2, -0.15) is 15.2 Å². The van der Waals surface area contributed by atoms with Gasteiger partial charge < -0.3 is 4.42 Å². The van der Waals surface area contributed by atoms with E-state index in [1.165, 1.54) is 6.33 Å². The van der Waals surface area contributed by atoms with Crippen molar-refractivity contribution in [3.05, 3.63) is 65.8 Å². The van der Waals surface area contributed by atoms with E-state index in [9.17, 15) is 4.79 Å². The first-order valence-corrected chi connectivity index (χ1v) is 7.65. The van der Waals surface area contributed by atoms with Crippen LogP contribution in [0.1, 0.15) is 10.5 Å². The minimum absolute atomic E-state index is 0.206. The van der Waals surface area contributed by atoms with Gasteiger partial charge in [-0.05, 0) is 36.4 Å². The average molecular weight is 355 g/mol. The van der Waals surface area contributed by atoms with E-state index in [0.29, 0.717) is 16.5 Å². The van der Waals surface area contributed by atoms with Crippen LogP contribution in [0.25, 0.3) is 17.1 Å². The Kier molecular flexibility index (Phi) is 3.79. The van der Waals surface area contributed by atoms with E-state index in [1.54, 1.807) is 53.4 Å². The number of halogens is 1. The van der Waals surface area contributed by atoms with Crippen LogP contribution >= 0.6 is 11.6 Å². The number of aromatic amines is 1. The van der Waals surface area contributed by atoms with Crippen LogP contribution < -0.4 is 5.32 Å². The van der Waals surface area contributed by atoms with E-state index in [-0.39, 0.29) is 11.6 Å². The van der Waals surface area contributed by atoms with Crippen molar-refractivity contribution in [3.63, 3.8) is 0 Å². The summed E-state index contributed by atoms with van der Waals surface area (Å²) in [6, 6.07) is 12.3. The molecule has 0 bridgehead atoms. The van der Waals surface area contributed by atoms with Crippen LogP contribution in [-0.4, -0.2) is 30.9 Å². The number of furan rings is 1. The molecule has 0 aliphatic rings. The lowest BCUT2D eigenvalue weighted by Gasteiger charge is -2.05. The van der Waals surface area contributed by atoms with E-state index < -0.39 is 5.91 Å². The summed E-state index contributed by atoms with van der Waals surface area (Å²) in [7, 11) is 0. The molecule has 4 rings (SSSR count). The Labute approximate surface area is 146 Å². The zero-order valence-corrected chi connectivity index (χ0v) is 13.4. The Morgan fingerprint density at radius 1 is 1.24 bits per heavy atom. The molecule has 0 atom stereocenters. The number of carbonyl (C=O) groups excluding carboxylic acids is 1. The van der Waals surface area contributed by atoms with Crippen molar-refractivity contribution >= 4 is 23.5 Å². The maximum absolute atomic E-state index is 12.4. The highest BCUT2D eigenvalue weighted by molar-refractivity contribution is 6.30. The Balaban J connectivity index is 1.75. The predicted octanol–water partition coefficient (Wildman–Crippen LogP) is 3.16. The number of nitrogens with zero attached hydrogens (tertiary/aromatic N) is 4. The van der Waals surface area contributed by atoms with E-state index in [1.807, 2.05) is 0 Å². The number of anilines is 1. The van der Waals surface area contributed by atoms with E-state index in [4.69, 9.17) is 16.0 Å². The normalized spacial score (nSPS) is 10.8. The second-order valence-electron chi connectivity index (χ2n) is 5.07. The smallest absolute Gasteiger partial charge is 0.278 e. The molecule has 0 aliphatic heterocycles. The maximum Gasteiger partial charge on any atom is 0.278 e. The highest BCUT2D eigenvalue weighted by Gasteiger charge is 2.19. The van der Waals surface area contributed by atoms with Gasteiger partial charge in [-0.3, -0.25) is 10.1 Å². The van der Waals surface area contributed by atoms with Gasteiger partial charge in [-0.15, -0.1) is 0 Å². The molecule has 9 heteroatoms. The molecule has 0 fully saturated rings. The molecule has 2 N–H and O–H groups in total. The monoisotopic (exact) mass is 354 g/mol. The minimum Gasteiger partial charge on any atom is -0.463 e. The molecule has 0 saturated heterocycles. The summed E-state index contributed by atoms with van der Waals surface area (Å²) >= 11 is 5.95. The second kappa shape index (κ2) is 6.25. The Morgan fingerprint density at radius 2 is 2.08 bits per heavy atom. The number of benzene rings is 1. The van der Waals surface area contributed by atoms with Gasteiger partial charge in [-0.25, -0.2) is 9.78 Å². The molecular weight excluding hydrogens is 344 g/mol. The standard InChI is InChI=1S/C16H11ClN6O2/c17-10-3-5-11(6-4-10)23-13(14-2-1-7-25-14)8-12(22-23)15(24)20-16-18-9-19-21-16/h1-9H,(H2,18,19,20,21,24). The first-order valence-electron chi connectivity index (χ1n) is 7.27. The summed E-state index contributed by atoms with van der Waals surface area (Å²) in [5, 5.41) is 13.8. The number of hydrogen-bond donors (Lipinski definition) is 2. The van der Waals surface area contributed by atoms with Crippen LogP contribution in [-0.2, 0) is 0 Å². The van der Waals surface area contributed by atoms with Crippen molar-refractivity contribution < 1.29 is 9.21 Å². The van der Waals surface area contributed by atoms with Crippen LogP contribution in [0.2, 0.25) is 5.02 Å². The first-order chi connectivity index (χ1) is 12.2. The zero-order valence-electron chi connectivity index (χ0n) is 12.7. The number of amides is 1. The number of hydrogen-bond acceptors (Lipinski definition) is 5. The third kappa shape index (κ3) is 3.02. The van der Waals surface area contributed by atoms with E-state index in [2.05, 4.69) is 25.6 Å². The molecule has 25 heavy (non-hydrogen) atoms. The number of aromatic nitrogens is 5. The van der Waals surface area contributed by atoms with Gasteiger partial charge in [0.15, 0.2) is 11.5 Å².